The molecule has 0 amide bonds. The third-order valence-corrected chi connectivity index (χ3v) is 14.2. The van der Waals surface area contributed by atoms with Crippen LogP contribution in [0.5, 0.6) is 0 Å². The summed E-state index contributed by atoms with van der Waals surface area (Å²) < 4.78 is 82.0. The molecule has 0 spiro atoms. The average Bonchev–Trinajstić information content (AvgIpc) is 3.23. The second-order valence-corrected chi connectivity index (χ2v) is 23.0. The number of unbranched alkanes of at least 4 members (excludes halogenated alkanes) is 19. The summed E-state index contributed by atoms with van der Waals surface area (Å²) in [6, 6.07) is 0. The highest BCUT2D eigenvalue weighted by Crippen LogP contribution is 2.53. The van der Waals surface area contributed by atoms with E-state index in [0.717, 1.165) is 82.8 Å². The average molecular weight is 1080 g/mol. The number of carbonyl (C=O) groups is 3. The Labute approximate surface area is 404 Å². The first kappa shape index (κ1) is 65.3. The number of aliphatic hydroxyl groups is 2. The standard InChI is InChI=1S/C40H78O23P4S/c1-3-5-6-7-8-9-10-11-12-13-17-20-23-27-33(42)59-31(29-57-32(41)26-22-19-16-14-15-18-21-24-28-68-34(43)25-4-2)30-58-67(55,56)63-37-35(44)38(60-64(46,47)48)40(62-66(52,53)54)39(36(37)45)61-65(49,50)51/h31,35-40,44-45H,3-30H2,1-2H3,(H,55,56)(H2,46,47,48)(H2,49,50,51)(H2,52,53,54)/t31-,35+,36?,37?,38+,39-,40?/m1/s1. The Morgan fingerprint density at radius 1 is 0.471 bits per heavy atom. The molecule has 0 aliphatic heterocycles. The van der Waals surface area contributed by atoms with Crippen LogP contribution in [0.4, 0.5) is 0 Å². The van der Waals surface area contributed by atoms with Crippen molar-refractivity contribution in [3.05, 3.63) is 0 Å². The molecule has 1 saturated carbocycles. The van der Waals surface area contributed by atoms with E-state index in [1.54, 1.807) is 0 Å². The van der Waals surface area contributed by atoms with Gasteiger partial charge in [-0.3, -0.25) is 37.0 Å². The largest absolute Gasteiger partial charge is 0.472 e. The molecule has 1 aliphatic carbocycles. The quantitative estimate of drug-likeness (QED) is 0.0166. The molecule has 1 fully saturated rings. The normalized spacial score (nSPS) is 21.6. The van der Waals surface area contributed by atoms with Gasteiger partial charge in [0, 0.05) is 25.0 Å². The van der Waals surface area contributed by atoms with E-state index in [0.29, 0.717) is 25.7 Å². The highest BCUT2D eigenvalue weighted by Gasteiger charge is 2.59. The molecule has 0 aromatic carbocycles. The monoisotopic (exact) mass is 1080 g/mol. The van der Waals surface area contributed by atoms with Gasteiger partial charge < -0.3 is 53.9 Å². The van der Waals surface area contributed by atoms with E-state index in [2.05, 4.69) is 20.5 Å². The Balaban J connectivity index is 2.91. The molecule has 0 aromatic heterocycles. The third kappa shape index (κ3) is 33.1. The maximum absolute atomic E-state index is 13.2. The SMILES string of the molecule is CCCCCCCCCCCCCCCC(=O)O[C@H](COC(=O)CCCCCCCCCCSC(=O)CCC)COP(=O)(O)OC1C(O)[C@@H](OP(=O)(O)O)C(OP(=O)(O)O)[C@@H](OP(=O)(O)O)[C@H]1O. The Hall–Kier alpha value is -0.680. The highest BCUT2D eigenvalue weighted by molar-refractivity contribution is 8.13. The molecule has 68 heavy (non-hydrogen) atoms. The zero-order chi connectivity index (χ0) is 51.2. The van der Waals surface area contributed by atoms with Gasteiger partial charge in [-0.05, 0) is 25.7 Å². The van der Waals surface area contributed by atoms with Crippen LogP contribution in [0.3, 0.4) is 0 Å². The summed E-state index contributed by atoms with van der Waals surface area (Å²) in [5.74, 6) is -0.620. The van der Waals surface area contributed by atoms with Crippen LogP contribution in [-0.4, -0.2) is 123 Å². The van der Waals surface area contributed by atoms with E-state index in [-0.39, 0.29) is 18.0 Å². The Bertz CT molecular complexity index is 1570. The summed E-state index contributed by atoms with van der Waals surface area (Å²) in [6.07, 6.45) is 4.32. The molecule has 0 saturated heterocycles. The maximum atomic E-state index is 13.2. The van der Waals surface area contributed by atoms with E-state index >= 15 is 0 Å². The molecule has 8 atom stereocenters. The van der Waals surface area contributed by atoms with Crippen molar-refractivity contribution in [2.75, 3.05) is 19.0 Å². The topological polar surface area (TPSA) is 366 Å². The van der Waals surface area contributed by atoms with E-state index < -0.39 is 99.2 Å². The molecule has 0 aromatic rings. The molecule has 402 valence electrons. The van der Waals surface area contributed by atoms with Crippen LogP contribution >= 0.6 is 43.1 Å². The summed E-state index contributed by atoms with van der Waals surface area (Å²) in [4.78, 5) is 104. The van der Waals surface area contributed by atoms with Gasteiger partial charge in [-0.15, -0.1) is 0 Å². The van der Waals surface area contributed by atoms with Gasteiger partial charge in [-0.1, -0.05) is 141 Å². The second kappa shape index (κ2) is 35.5. The molecule has 0 heterocycles. The first-order chi connectivity index (χ1) is 31.9. The fourth-order valence-corrected chi connectivity index (χ4v) is 10.9. The number of hydrogen-bond donors (Lipinski definition) is 9. The molecule has 0 radical (unpaired) electrons. The number of carbonyl (C=O) groups excluding carboxylic acids is 3. The molecule has 1 aliphatic rings. The van der Waals surface area contributed by atoms with Gasteiger partial charge in [0.05, 0.1) is 6.61 Å². The first-order valence-corrected chi connectivity index (χ1v) is 30.7. The molecule has 0 bridgehead atoms. The van der Waals surface area contributed by atoms with E-state index in [1.807, 2.05) is 6.92 Å². The third-order valence-electron chi connectivity index (χ3n) is 10.7. The van der Waals surface area contributed by atoms with Gasteiger partial charge in [0.25, 0.3) is 0 Å². The molecule has 9 N–H and O–H groups in total. The number of aliphatic hydroxyl groups excluding tert-OH is 2. The highest BCUT2D eigenvalue weighted by atomic mass is 32.2. The summed E-state index contributed by atoms with van der Waals surface area (Å²) in [6.45, 7) is 2.48. The minimum atomic E-state index is -5.79. The number of thioether (sulfide) groups is 1. The lowest BCUT2D eigenvalue weighted by Crippen LogP contribution is -2.65. The lowest BCUT2D eigenvalue weighted by Gasteiger charge is -2.45. The van der Waals surface area contributed by atoms with Crippen molar-refractivity contribution in [1.82, 2.24) is 0 Å². The van der Waals surface area contributed by atoms with Crippen LogP contribution in [0.15, 0.2) is 0 Å². The van der Waals surface area contributed by atoms with E-state index in [1.165, 1.54) is 56.7 Å². The van der Waals surface area contributed by atoms with Crippen LogP contribution in [0.25, 0.3) is 0 Å². The van der Waals surface area contributed by atoms with Crippen molar-refractivity contribution in [1.29, 1.82) is 0 Å². The lowest BCUT2D eigenvalue weighted by molar-refractivity contribution is -0.209. The van der Waals surface area contributed by atoms with Crippen LogP contribution in [0.2, 0.25) is 0 Å². The number of hydrogen-bond acceptors (Lipinski definition) is 17. The molecule has 23 nitrogen and oxygen atoms in total. The Morgan fingerprint density at radius 2 is 0.868 bits per heavy atom. The lowest BCUT2D eigenvalue weighted by atomic mass is 9.85. The predicted molar refractivity (Wildman–Crippen MR) is 248 cm³/mol. The number of phosphoric acid groups is 4. The zero-order valence-corrected chi connectivity index (χ0v) is 43.7. The summed E-state index contributed by atoms with van der Waals surface area (Å²) >= 11 is 1.38. The molecule has 28 heteroatoms. The van der Waals surface area contributed by atoms with Gasteiger partial charge in [-0.25, -0.2) is 18.3 Å². The van der Waals surface area contributed by atoms with E-state index in [9.17, 15) is 77.1 Å². The van der Waals surface area contributed by atoms with Crippen LogP contribution in [0, 0.1) is 0 Å². The van der Waals surface area contributed by atoms with Crippen molar-refractivity contribution >= 4 is 60.1 Å². The van der Waals surface area contributed by atoms with Gasteiger partial charge in [-0.2, -0.15) is 0 Å². The van der Waals surface area contributed by atoms with Gasteiger partial charge >= 0.3 is 43.2 Å². The van der Waals surface area contributed by atoms with Gasteiger partial charge in [0.2, 0.25) is 0 Å². The molecular formula is C40H78O23P4S. The van der Waals surface area contributed by atoms with Crippen molar-refractivity contribution in [3.8, 4) is 0 Å². The van der Waals surface area contributed by atoms with Crippen molar-refractivity contribution in [2.45, 2.75) is 217 Å². The number of esters is 2. The van der Waals surface area contributed by atoms with Crippen molar-refractivity contribution < 1.29 is 109 Å². The predicted octanol–water partition coefficient (Wildman–Crippen LogP) is 7.16. The minimum absolute atomic E-state index is 0.00494. The number of rotatable bonds is 41. The number of phosphoric ester groups is 4. The van der Waals surface area contributed by atoms with Crippen molar-refractivity contribution in [3.63, 3.8) is 0 Å². The smallest absolute Gasteiger partial charge is 0.462 e. The fraction of sp³-hybridized carbons (Fsp3) is 0.925. The first-order valence-electron chi connectivity index (χ1n) is 23.6. The van der Waals surface area contributed by atoms with Gasteiger partial charge in [0.15, 0.2) is 11.2 Å². The van der Waals surface area contributed by atoms with Crippen LogP contribution < -0.4 is 0 Å². The Morgan fingerprint density at radius 3 is 1.29 bits per heavy atom. The summed E-state index contributed by atoms with van der Waals surface area (Å²) in [5, 5.41) is 22.0. The zero-order valence-electron chi connectivity index (χ0n) is 39.3. The van der Waals surface area contributed by atoms with Crippen LogP contribution in [-0.2, 0) is 64.7 Å². The van der Waals surface area contributed by atoms with E-state index in [4.69, 9.17) is 18.5 Å². The second-order valence-electron chi connectivity index (χ2n) is 16.8. The van der Waals surface area contributed by atoms with Crippen molar-refractivity contribution in [2.24, 2.45) is 0 Å². The Kier molecular flexibility index (Phi) is 34.1. The summed E-state index contributed by atoms with van der Waals surface area (Å²) in [5.41, 5.74) is 0. The minimum Gasteiger partial charge on any atom is -0.462 e. The molecular weight excluding hydrogens is 1000 g/mol. The number of ether oxygens (including phenoxy) is 2. The molecule has 1 rings (SSSR count). The maximum Gasteiger partial charge on any atom is 0.472 e. The molecule has 4 unspecified atom stereocenters. The fourth-order valence-electron chi connectivity index (χ4n) is 7.28. The van der Waals surface area contributed by atoms with Gasteiger partial charge in [0.1, 0.15) is 43.2 Å². The van der Waals surface area contributed by atoms with Crippen LogP contribution in [0.1, 0.15) is 174 Å². The summed E-state index contributed by atoms with van der Waals surface area (Å²) in [7, 11) is -23.0.